The van der Waals surface area contributed by atoms with Crippen LogP contribution in [0.15, 0.2) is 18.2 Å². The molecule has 0 spiro atoms. The molecule has 2 rings (SSSR count). The summed E-state index contributed by atoms with van der Waals surface area (Å²) in [4.78, 5) is 0. The summed E-state index contributed by atoms with van der Waals surface area (Å²) in [6.45, 7) is 5.17. The Balaban J connectivity index is 2.24. The Bertz CT molecular complexity index is 505. The molecule has 17 heavy (non-hydrogen) atoms. The van der Waals surface area contributed by atoms with Crippen LogP contribution in [0.25, 0.3) is 10.6 Å². The Hall–Kier alpha value is -1.26. The van der Waals surface area contributed by atoms with Crippen molar-refractivity contribution in [1.82, 2.24) is 15.5 Å². The average Bonchev–Trinajstić information content (AvgIpc) is 2.75. The van der Waals surface area contributed by atoms with E-state index in [-0.39, 0.29) is 0 Å². The van der Waals surface area contributed by atoms with E-state index in [0.717, 1.165) is 23.0 Å². The van der Waals surface area contributed by atoms with Crippen LogP contribution < -0.4 is 5.32 Å². The molecule has 0 amide bonds. The summed E-state index contributed by atoms with van der Waals surface area (Å²) >= 11 is 1.68. The van der Waals surface area contributed by atoms with Crippen LogP contribution in [0.2, 0.25) is 0 Å². The summed E-state index contributed by atoms with van der Waals surface area (Å²) in [6.07, 6.45) is 0.944. The molecular weight excluding hydrogens is 230 g/mol. The Kier molecular flexibility index (Phi) is 3.86. The van der Waals surface area contributed by atoms with E-state index in [1.54, 1.807) is 11.3 Å². The second-order valence-electron chi connectivity index (χ2n) is 4.17. The predicted molar refractivity (Wildman–Crippen MR) is 72.4 cm³/mol. The van der Waals surface area contributed by atoms with Crippen LogP contribution in [0.4, 0.5) is 0 Å². The molecule has 0 saturated heterocycles. The number of aromatic nitrogens is 2. The summed E-state index contributed by atoms with van der Waals surface area (Å²) in [6, 6.07) is 6.44. The van der Waals surface area contributed by atoms with Crippen LogP contribution in [0, 0.1) is 13.8 Å². The van der Waals surface area contributed by atoms with Crippen molar-refractivity contribution in [3.05, 3.63) is 34.3 Å². The molecule has 0 atom stereocenters. The van der Waals surface area contributed by atoms with Gasteiger partial charge in [-0.3, -0.25) is 0 Å². The summed E-state index contributed by atoms with van der Waals surface area (Å²) in [5, 5.41) is 13.7. The zero-order valence-electron chi connectivity index (χ0n) is 10.4. The fraction of sp³-hybridized carbons (Fsp3) is 0.385. The van der Waals surface area contributed by atoms with E-state index in [1.165, 1.54) is 16.7 Å². The number of nitrogens with one attached hydrogen (secondary N) is 1. The number of benzene rings is 1. The van der Waals surface area contributed by atoms with Gasteiger partial charge < -0.3 is 5.32 Å². The highest BCUT2D eigenvalue weighted by molar-refractivity contribution is 7.14. The second kappa shape index (κ2) is 5.38. The first-order valence-electron chi connectivity index (χ1n) is 5.75. The maximum atomic E-state index is 4.27. The van der Waals surface area contributed by atoms with Gasteiger partial charge in [0.2, 0.25) is 0 Å². The first-order valence-corrected chi connectivity index (χ1v) is 6.57. The highest BCUT2D eigenvalue weighted by Crippen LogP contribution is 2.27. The number of nitrogens with zero attached hydrogens (tertiary/aromatic N) is 2. The van der Waals surface area contributed by atoms with E-state index in [9.17, 15) is 0 Å². The molecule has 1 aromatic heterocycles. The number of likely N-dealkylation sites (N-methyl/N-ethyl adjacent to an activating group) is 1. The van der Waals surface area contributed by atoms with Gasteiger partial charge in [-0.25, -0.2) is 0 Å². The SMILES string of the molecule is CNCCc1nnc(-c2ccc(C)cc2C)s1. The number of hydrogen-bond acceptors (Lipinski definition) is 4. The highest BCUT2D eigenvalue weighted by Gasteiger charge is 2.08. The van der Waals surface area contributed by atoms with Crippen molar-refractivity contribution < 1.29 is 0 Å². The van der Waals surface area contributed by atoms with Gasteiger partial charge in [0.15, 0.2) is 0 Å². The quantitative estimate of drug-likeness (QED) is 0.902. The fourth-order valence-corrected chi connectivity index (χ4v) is 2.68. The van der Waals surface area contributed by atoms with Crippen LogP contribution in [-0.2, 0) is 6.42 Å². The molecule has 0 aliphatic heterocycles. The molecule has 0 fully saturated rings. The van der Waals surface area contributed by atoms with Crippen LogP contribution >= 0.6 is 11.3 Å². The lowest BCUT2D eigenvalue weighted by molar-refractivity contribution is 0.779. The van der Waals surface area contributed by atoms with Crippen molar-refractivity contribution in [3.63, 3.8) is 0 Å². The Morgan fingerprint density at radius 2 is 2.06 bits per heavy atom. The van der Waals surface area contributed by atoms with E-state index in [4.69, 9.17) is 0 Å². The van der Waals surface area contributed by atoms with Gasteiger partial charge in [-0.05, 0) is 26.5 Å². The molecule has 4 heteroatoms. The third-order valence-corrected chi connectivity index (χ3v) is 3.68. The van der Waals surface area contributed by atoms with Gasteiger partial charge in [0.05, 0.1) is 0 Å². The molecule has 3 nitrogen and oxygen atoms in total. The van der Waals surface area contributed by atoms with E-state index >= 15 is 0 Å². The lowest BCUT2D eigenvalue weighted by Gasteiger charge is -2.02. The smallest absolute Gasteiger partial charge is 0.148 e. The number of rotatable bonds is 4. The minimum atomic E-state index is 0.944. The lowest BCUT2D eigenvalue weighted by Crippen LogP contribution is -2.09. The fourth-order valence-electron chi connectivity index (χ4n) is 1.75. The monoisotopic (exact) mass is 247 g/mol. The first kappa shape index (κ1) is 12.2. The van der Waals surface area contributed by atoms with Gasteiger partial charge in [0.25, 0.3) is 0 Å². The van der Waals surface area contributed by atoms with Gasteiger partial charge in [-0.15, -0.1) is 10.2 Å². The van der Waals surface area contributed by atoms with Gasteiger partial charge in [0, 0.05) is 18.5 Å². The third kappa shape index (κ3) is 2.90. The normalized spacial score (nSPS) is 10.8. The first-order chi connectivity index (χ1) is 8.20. The summed E-state index contributed by atoms with van der Waals surface area (Å²) in [7, 11) is 1.95. The van der Waals surface area contributed by atoms with E-state index in [0.29, 0.717) is 0 Å². The van der Waals surface area contributed by atoms with Crippen LogP contribution in [0.1, 0.15) is 16.1 Å². The van der Waals surface area contributed by atoms with Gasteiger partial charge in [-0.1, -0.05) is 35.1 Å². The van der Waals surface area contributed by atoms with Gasteiger partial charge in [0.1, 0.15) is 10.0 Å². The topological polar surface area (TPSA) is 37.8 Å². The molecule has 1 heterocycles. The molecule has 0 bridgehead atoms. The number of aryl methyl sites for hydroxylation is 2. The largest absolute Gasteiger partial charge is 0.319 e. The molecule has 0 radical (unpaired) electrons. The van der Waals surface area contributed by atoms with Gasteiger partial charge in [-0.2, -0.15) is 0 Å². The van der Waals surface area contributed by atoms with E-state index in [2.05, 4.69) is 47.6 Å². The average molecular weight is 247 g/mol. The molecule has 0 aliphatic carbocycles. The van der Waals surface area contributed by atoms with Crippen LogP contribution in [0.3, 0.4) is 0 Å². The van der Waals surface area contributed by atoms with Crippen molar-refractivity contribution in [2.75, 3.05) is 13.6 Å². The zero-order valence-corrected chi connectivity index (χ0v) is 11.3. The molecule has 2 aromatic rings. The van der Waals surface area contributed by atoms with Crippen molar-refractivity contribution in [3.8, 4) is 10.6 Å². The third-order valence-electron chi connectivity index (χ3n) is 2.67. The second-order valence-corrected chi connectivity index (χ2v) is 5.23. The molecule has 0 unspecified atom stereocenters. The van der Waals surface area contributed by atoms with Crippen molar-refractivity contribution in [1.29, 1.82) is 0 Å². The lowest BCUT2D eigenvalue weighted by atomic mass is 10.1. The van der Waals surface area contributed by atoms with Crippen molar-refractivity contribution >= 4 is 11.3 Å². The maximum absolute atomic E-state index is 4.27. The van der Waals surface area contributed by atoms with Crippen molar-refractivity contribution in [2.45, 2.75) is 20.3 Å². The van der Waals surface area contributed by atoms with Gasteiger partial charge >= 0.3 is 0 Å². The van der Waals surface area contributed by atoms with E-state index in [1.807, 2.05) is 7.05 Å². The van der Waals surface area contributed by atoms with Crippen LogP contribution in [-0.4, -0.2) is 23.8 Å². The molecule has 90 valence electrons. The molecule has 1 aromatic carbocycles. The Morgan fingerprint density at radius 1 is 1.24 bits per heavy atom. The van der Waals surface area contributed by atoms with E-state index < -0.39 is 0 Å². The molecular formula is C13H17N3S. The molecule has 0 saturated carbocycles. The van der Waals surface area contributed by atoms with Crippen molar-refractivity contribution in [2.24, 2.45) is 0 Å². The molecule has 1 N–H and O–H groups in total. The molecule has 0 aliphatic rings. The van der Waals surface area contributed by atoms with Crippen LogP contribution in [0.5, 0.6) is 0 Å². The maximum Gasteiger partial charge on any atom is 0.148 e. The summed E-state index contributed by atoms with van der Waals surface area (Å²) in [5.41, 5.74) is 3.75. The Morgan fingerprint density at radius 3 is 2.76 bits per heavy atom. The Labute approximate surface area is 106 Å². The predicted octanol–water partition coefficient (Wildman–Crippen LogP) is 2.58. The standard InChI is InChI=1S/C13H17N3S/c1-9-4-5-11(10(2)8-9)13-16-15-12(17-13)6-7-14-3/h4-5,8,14H,6-7H2,1-3H3. The summed E-state index contributed by atoms with van der Waals surface area (Å²) < 4.78 is 0. The highest BCUT2D eigenvalue weighted by atomic mass is 32.1. The summed E-state index contributed by atoms with van der Waals surface area (Å²) in [5.74, 6) is 0. The minimum absolute atomic E-state index is 0.944. The zero-order chi connectivity index (χ0) is 12.3. The minimum Gasteiger partial charge on any atom is -0.319 e. The number of hydrogen-bond donors (Lipinski definition) is 1.